The molecular formula is C13H11ClO3. The number of allylic oxidation sites excluding steroid dienone is 2. The number of halogens is 1. The molecule has 2 rings (SSSR count). The highest BCUT2D eigenvalue weighted by molar-refractivity contribution is 6.25. The van der Waals surface area contributed by atoms with Crippen LogP contribution in [0, 0.1) is 0 Å². The maximum Gasteiger partial charge on any atom is 0.199 e. The Morgan fingerprint density at radius 2 is 1.94 bits per heavy atom. The summed E-state index contributed by atoms with van der Waals surface area (Å²) in [5, 5.41) is 17.2. The molecule has 4 heteroatoms. The quantitative estimate of drug-likeness (QED) is 0.627. The third-order valence-corrected chi connectivity index (χ3v) is 2.92. The molecule has 2 N–H and O–H groups in total. The summed E-state index contributed by atoms with van der Waals surface area (Å²) >= 11 is 5.62. The zero-order valence-electron chi connectivity index (χ0n) is 8.93. The van der Waals surface area contributed by atoms with Crippen molar-refractivity contribution in [3.05, 3.63) is 59.4 Å². The molecule has 0 fully saturated rings. The number of Topliss-reactive ketones (excluding diaryl/α,β-unsaturated/α-hetero) is 1. The van der Waals surface area contributed by atoms with Crippen molar-refractivity contribution in [3.63, 3.8) is 0 Å². The number of carbonyl (C=O) groups is 1. The molecule has 1 aromatic rings. The van der Waals surface area contributed by atoms with Crippen LogP contribution in [0.3, 0.4) is 0 Å². The Hall–Kier alpha value is -1.58. The van der Waals surface area contributed by atoms with Crippen molar-refractivity contribution in [2.24, 2.45) is 0 Å². The molecule has 0 saturated carbocycles. The minimum atomic E-state index is -1.79. The summed E-state index contributed by atoms with van der Waals surface area (Å²) < 4.78 is 0. The molecule has 3 nitrogen and oxygen atoms in total. The van der Waals surface area contributed by atoms with Crippen LogP contribution in [0.25, 0.3) is 0 Å². The van der Waals surface area contributed by atoms with E-state index < -0.39 is 10.8 Å². The summed E-state index contributed by atoms with van der Waals surface area (Å²) in [6, 6.07) is 8.72. The minimum Gasteiger partial charge on any atom is -0.508 e. The SMILES string of the molecule is O=C(C1=CC[C@@](O)(Cl)C(O)=C1)c1ccccc1. The largest absolute Gasteiger partial charge is 0.508 e. The minimum absolute atomic E-state index is 0.00476. The van der Waals surface area contributed by atoms with Gasteiger partial charge in [-0.2, -0.15) is 0 Å². The van der Waals surface area contributed by atoms with E-state index in [1.165, 1.54) is 12.2 Å². The van der Waals surface area contributed by atoms with Crippen LogP contribution in [0.15, 0.2) is 53.8 Å². The van der Waals surface area contributed by atoms with Crippen LogP contribution in [-0.4, -0.2) is 21.1 Å². The number of hydrogen-bond acceptors (Lipinski definition) is 3. The number of ketones is 1. The molecule has 1 aromatic carbocycles. The molecule has 88 valence electrons. The number of benzene rings is 1. The van der Waals surface area contributed by atoms with Gasteiger partial charge in [0.1, 0.15) is 5.76 Å². The molecule has 1 aliphatic rings. The second-order valence-electron chi connectivity index (χ2n) is 3.85. The Bertz CT molecular complexity index is 501. The molecular weight excluding hydrogens is 240 g/mol. The first-order chi connectivity index (χ1) is 8.00. The van der Waals surface area contributed by atoms with Crippen molar-refractivity contribution in [1.29, 1.82) is 0 Å². The van der Waals surface area contributed by atoms with E-state index in [4.69, 9.17) is 11.6 Å². The summed E-state index contributed by atoms with van der Waals surface area (Å²) in [6.45, 7) is 0. The molecule has 1 aliphatic carbocycles. The fourth-order valence-corrected chi connectivity index (χ4v) is 1.71. The van der Waals surface area contributed by atoms with E-state index in [1.54, 1.807) is 24.3 Å². The molecule has 0 aliphatic heterocycles. The number of alkyl halides is 1. The second-order valence-corrected chi connectivity index (χ2v) is 4.47. The van der Waals surface area contributed by atoms with Crippen LogP contribution >= 0.6 is 11.6 Å². The van der Waals surface area contributed by atoms with E-state index >= 15 is 0 Å². The van der Waals surface area contributed by atoms with E-state index in [-0.39, 0.29) is 12.2 Å². The number of hydrogen-bond donors (Lipinski definition) is 2. The first kappa shape index (κ1) is 11.9. The molecule has 0 amide bonds. The lowest BCUT2D eigenvalue weighted by molar-refractivity contribution is 0.101. The van der Waals surface area contributed by atoms with Gasteiger partial charge in [0.25, 0.3) is 0 Å². The number of carbonyl (C=O) groups excluding carboxylic acids is 1. The van der Waals surface area contributed by atoms with Gasteiger partial charge in [-0.25, -0.2) is 0 Å². The molecule has 0 bridgehead atoms. The first-order valence-corrected chi connectivity index (χ1v) is 5.51. The summed E-state index contributed by atoms with van der Waals surface area (Å²) in [5.41, 5.74) is 0.863. The second kappa shape index (κ2) is 4.35. The molecule has 0 saturated heterocycles. The first-order valence-electron chi connectivity index (χ1n) is 5.13. The van der Waals surface area contributed by atoms with Gasteiger partial charge in [0.2, 0.25) is 0 Å². The van der Waals surface area contributed by atoms with Crippen LogP contribution in [-0.2, 0) is 0 Å². The average Bonchev–Trinajstić information content (AvgIpc) is 2.33. The Morgan fingerprint density at radius 1 is 1.29 bits per heavy atom. The fourth-order valence-electron chi connectivity index (χ4n) is 1.58. The van der Waals surface area contributed by atoms with Crippen LogP contribution in [0.4, 0.5) is 0 Å². The van der Waals surface area contributed by atoms with Gasteiger partial charge in [0.15, 0.2) is 10.8 Å². The molecule has 17 heavy (non-hydrogen) atoms. The van der Waals surface area contributed by atoms with E-state index in [2.05, 4.69) is 0 Å². The van der Waals surface area contributed by atoms with Crippen LogP contribution in [0.5, 0.6) is 0 Å². The lowest BCUT2D eigenvalue weighted by Gasteiger charge is -2.22. The highest BCUT2D eigenvalue weighted by Gasteiger charge is 2.32. The molecule has 0 radical (unpaired) electrons. The zero-order valence-corrected chi connectivity index (χ0v) is 9.69. The Kier molecular flexibility index (Phi) is 3.05. The standard InChI is InChI=1S/C13H11ClO3/c14-13(17)7-6-10(8-11(13)15)12(16)9-4-2-1-3-5-9/h1-6,8,15,17H,7H2/t13-/m0/s1. The Balaban J connectivity index is 2.27. The van der Waals surface area contributed by atoms with E-state index in [1.807, 2.05) is 6.07 Å². The van der Waals surface area contributed by atoms with Crippen LogP contribution in [0.1, 0.15) is 16.8 Å². The van der Waals surface area contributed by atoms with E-state index in [0.717, 1.165) is 0 Å². The summed E-state index contributed by atoms with van der Waals surface area (Å²) in [6.07, 6.45) is 2.72. The lowest BCUT2D eigenvalue weighted by atomic mass is 9.96. The van der Waals surface area contributed by atoms with Gasteiger partial charge < -0.3 is 10.2 Å². The van der Waals surface area contributed by atoms with Gasteiger partial charge in [0.05, 0.1) is 0 Å². The van der Waals surface area contributed by atoms with Gasteiger partial charge >= 0.3 is 0 Å². The highest BCUT2D eigenvalue weighted by atomic mass is 35.5. The molecule has 1 atom stereocenters. The van der Waals surface area contributed by atoms with E-state index in [9.17, 15) is 15.0 Å². The van der Waals surface area contributed by atoms with Gasteiger partial charge in [-0.1, -0.05) is 48.0 Å². The van der Waals surface area contributed by atoms with Crippen LogP contribution < -0.4 is 0 Å². The van der Waals surface area contributed by atoms with Crippen molar-refractivity contribution in [3.8, 4) is 0 Å². The van der Waals surface area contributed by atoms with E-state index in [0.29, 0.717) is 11.1 Å². The van der Waals surface area contributed by atoms with Crippen molar-refractivity contribution < 1.29 is 15.0 Å². The average molecular weight is 251 g/mol. The lowest BCUT2D eigenvalue weighted by Crippen LogP contribution is -2.26. The van der Waals surface area contributed by atoms with Crippen molar-refractivity contribution in [2.45, 2.75) is 11.5 Å². The Morgan fingerprint density at radius 3 is 2.53 bits per heavy atom. The third kappa shape index (κ3) is 2.40. The number of aliphatic hydroxyl groups excluding tert-OH is 1. The number of rotatable bonds is 2. The number of aliphatic hydroxyl groups is 2. The predicted octanol–water partition coefficient (Wildman–Crippen LogP) is 2.57. The molecule has 0 aromatic heterocycles. The predicted molar refractivity (Wildman–Crippen MR) is 65.0 cm³/mol. The third-order valence-electron chi connectivity index (χ3n) is 2.58. The summed E-state index contributed by atoms with van der Waals surface area (Å²) in [4.78, 5) is 12.0. The van der Waals surface area contributed by atoms with Crippen molar-refractivity contribution in [1.82, 2.24) is 0 Å². The van der Waals surface area contributed by atoms with Crippen LogP contribution in [0.2, 0.25) is 0 Å². The summed E-state index contributed by atoms with van der Waals surface area (Å²) in [5.74, 6) is -0.606. The highest BCUT2D eigenvalue weighted by Crippen LogP contribution is 2.31. The normalized spacial score (nSPS) is 23.9. The van der Waals surface area contributed by atoms with Crippen molar-refractivity contribution >= 4 is 17.4 Å². The van der Waals surface area contributed by atoms with Gasteiger partial charge in [0, 0.05) is 17.6 Å². The topological polar surface area (TPSA) is 57.5 Å². The summed E-state index contributed by atoms with van der Waals surface area (Å²) in [7, 11) is 0. The van der Waals surface area contributed by atoms with Gasteiger partial charge in [-0.3, -0.25) is 4.79 Å². The molecule has 0 spiro atoms. The Labute approximate surface area is 104 Å². The molecule has 0 heterocycles. The maximum atomic E-state index is 12.0. The zero-order chi connectivity index (χ0) is 12.5. The molecule has 0 unspecified atom stereocenters. The maximum absolute atomic E-state index is 12.0. The monoisotopic (exact) mass is 250 g/mol. The van der Waals surface area contributed by atoms with Gasteiger partial charge in [-0.05, 0) is 6.08 Å². The smallest absolute Gasteiger partial charge is 0.199 e. The fraction of sp³-hybridized carbons (Fsp3) is 0.154. The van der Waals surface area contributed by atoms with Crippen molar-refractivity contribution in [2.75, 3.05) is 0 Å². The van der Waals surface area contributed by atoms with Gasteiger partial charge in [-0.15, -0.1) is 0 Å².